The van der Waals surface area contributed by atoms with Crippen LogP contribution in [0.3, 0.4) is 0 Å². The van der Waals surface area contributed by atoms with E-state index < -0.39 is 0 Å². The zero-order valence-electron chi connectivity index (χ0n) is 32.5. The first kappa shape index (κ1) is 33.9. The van der Waals surface area contributed by atoms with Gasteiger partial charge >= 0.3 is 0 Å². The molecule has 0 radical (unpaired) electrons. The van der Waals surface area contributed by atoms with Crippen LogP contribution in [0.25, 0.3) is 126 Å². The number of rotatable bonds is 5. The smallest absolute Gasteiger partial charge is 0.164 e. The predicted octanol–water partition coefficient (Wildman–Crippen LogP) is 14.5. The van der Waals surface area contributed by atoms with Gasteiger partial charge in [-0.3, -0.25) is 0 Å². The molecule has 0 atom stereocenters. The Balaban J connectivity index is 1.02. The van der Waals surface area contributed by atoms with E-state index in [0.717, 1.165) is 97.7 Å². The highest BCUT2D eigenvalue weighted by molar-refractivity contribution is 7.21. The number of nitrogens with zero attached hydrogens (tertiary/aromatic N) is 5. The number of thiazole rings is 1. The molecule has 0 spiro atoms. The molecule has 284 valence electrons. The first-order valence-electron chi connectivity index (χ1n) is 20.3. The Morgan fingerprint density at radius 2 is 0.984 bits per heavy atom. The second kappa shape index (κ2) is 13.3. The second-order valence-corrected chi connectivity index (χ2v) is 16.5. The minimum Gasteiger partial charge on any atom is -0.456 e. The molecule has 0 saturated carbocycles. The number of hydrogen-bond acceptors (Lipinski definition) is 6. The highest BCUT2D eigenvalue weighted by atomic mass is 32.1. The molecule has 0 aliphatic rings. The molecule has 7 heteroatoms. The summed E-state index contributed by atoms with van der Waals surface area (Å²) < 4.78 is 9.98. The molecular formula is C54H31N5OS. The van der Waals surface area contributed by atoms with Crippen LogP contribution in [0.4, 0.5) is 0 Å². The van der Waals surface area contributed by atoms with Crippen LogP contribution < -0.4 is 0 Å². The summed E-state index contributed by atoms with van der Waals surface area (Å²) in [5.74, 6) is 1.80. The van der Waals surface area contributed by atoms with Gasteiger partial charge in [-0.2, -0.15) is 0 Å². The van der Waals surface area contributed by atoms with Crippen LogP contribution in [0.2, 0.25) is 0 Å². The summed E-state index contributed by atoms with van der Waals surface area (Å²) in [6.45, 7) is 0. The van der Waals surface area contributed by atoms with Gasteiger partial charge in [0.15, 0.2) is 17.5 Å². The molecule has 0 unspecified atom stereocenters. The van der Waals surface area contributed by atoms with Gasteiger partial charge in [0.05, 0.1) is 26.6 Å². The number of hydrogen-bond donors (Lipinski definition) is 0. The van der Waals surface area contributed by atoms with Gasteiger partial charge in [0.25, 0.3) is 0 Å². The van der Waals surface area contributed by atoms with Gasteiger partial charge in [-0.05, 0) is 76.1 Å². The summed E-state index contributed by atoms with van der Waals surface area (Å²) in [6.07, 6.45) is 0. The molecule has 13 rings (SSSR count). The molecule has 61 heavy (non-hydrogen) atoms. The minimum atomic E-state index is 0.590. The van der Waals surface area contributed by atoms with Crippen molar-refractivity contribution in [1.82, 2.24) is 24.5 Å². The third-order valence-electron chi connectivity index (χ3n) is 11.8. The Kier molecular flexibility index (Phi) is 7.37. The maximum absolute atomic E-state index is 6.53. The van der Waals surface area contributed by atoms with Gasteiger partial charge in [0.1, 0.15) is 16.2 Å². The SMILES string of the molecule is c1ccc(-c2nc3c(ccc4oc5ccc6ccc(-c7nc(-c8cccc(-n9c%10ccccc%10c%10ccccc%109)c8)nc(-c8ccc9ccccc9c8)n7)cc6c5c43)s2)cc1. The maximum Gasteiger partial charge on any atom is 0.164 e. The van der Waals surface area contributed by atoms with Crippen molar-refractivity contribution in [2.45, 2.75) is 0 Å². The van der Waals surface area contributed by atoms with Gasteiger partial charge in [-0.25, -0.2) is 19.9 Å². The number of furan rings is 1. The van der Waals surface area contributed by atoms with Crippen molar-refractivity contribution in [3.63, 3.8) is 0 Å². The minimum absolute atomic E-state index is 0.590. The summed E-state index contributed by atoms with van der Waals surface area (Å²) in [5, 5.41) is 9.91. The first-order chi connectivity index (χ1) is 30.2. The molecule has 0 bridgehead atoms. The number of para-hydroxylation sites is 2. The number of aromatic nitrogens is 5. The fourth-order valence-corrected chi connectivity index (χ4v) is 9.96. The number of benzene rings is 9. The molecule has 9 aromatic carbocycles. The van der Waals surface area contributed by atoms with Crippen LogP contribution in [-0.2, 0) is 0 Å². The van der Waals surface area contributed by atoms with E-state index in [1.807, 2.05) is 6.07 Å². The fourth-order valence-electron chi connectivity index (χ4n) is 8.98. The van der Waals surface area contributed by atoms with E-state index in [2.05, 4.69) is 187 Å². The summed E-state index contributed by atoms with van der Waals surface area (Å²) in [5.41, 5.74) is 9.71. The third-order valence-corrected chi connectivity index (χ3v) is 12.9. The molecule has 0 aliphatic heterocycles. The zero-order valence-corrected chi connectivity index (χ0v) is 33.3. The summed E-state index contributed by atoms with van der Waals surface area (Å²) in [6, 6.07) is 65.7. The van der Waals surface area contributed by atoms with Crippen LogP contribution in [0, 0.1) is 0 Å². The van der Waals surface area contributed by atoms with Gasteiger partial charge in [-0.15, -0.1) is 11.3 Å². The maximum atomic E-state index is 6.53. The predicted molar refractivity (Wildman–Crippen MR) is 251 cm³/mol. The molecule has 4 aromatic heterocycles. The normalized spacial score (nSPS) is 11.9. The molecule has 0 N–H and O–H groups in total. The fraction of sp³-hybridized carbons (Fsp3) is 0. The lowest BCUT2D eigenvalue weighted by molar-refractivity contribution is 0.669. The topological polar surface area (TPSA) is 69.6 Å². The second-order valence-electron chi connectivity index (χ2n) is 15.4. The summed E-state index contributed by atoms with van der Waals surface area (Å²) >= 11 is 1.70. The quantitative estimate of drug-likeness (QED) is 0.173. The third kappa shape index (κ3) is 5.41. The van der Waals surface area contributed by atoms with E-state index in [-0.39, 0.29) is 0 Å². The van der Waals surface area contributed by atoms with Gasteiger partial charge in [0.2, 0.25) is 0 Å². The Morgan fingerprint density at radius 1 is 0.393 bits per heavy atom. The lowest BCUT2D eigenvalue weighted by Gasteiger charge is -2.12. The highest BCUT2D eigenvalue weighted by Gasteiger charge is 2.20. The van der Waals surface area contributed by atoms with E-state index in [0.29, 0.717) is 17.5 Å². The monoisotopic (exact) mass is 797 g/mol. The van der Waals surface area contributed by atoms with Crippen molar-refractivity contribution in [2.24, 2.45) is 0 Å². The lowest BCUT2D eigenvalue weighted by atomic mass is 10.0. The Morgan fingerprint density at radius 3 is 1.75 bits per heavy atom. The molecule has 6 nitrogen and oxygen atoms in total. The van der Waals surface area contributed by atoms with E-state index in [9.17, 15) is 0 Å². The number of fused-ring (bicyclic) bond motifs is 11. The van der Waals surface area contributed by atoms with Gasteiger partial charge < -0.3 is 8.98 Å². The average molecular weight is 798 g/mol. The first-order valence-corrected chi connectivity index (χ1v) is 21.1. The average Bonchev–Trinajstić information content (AvgIpc) is 4.04. The zero-order chi connectivity index (χ0) is 40.0. The summed E-state index contributed by atoms with van der Waals surface area (Å²) in [7, 11) is 0. The van der Waals surface area contributed by atoms with Crippen molar-refractivity contribution < 1.29 is 4.42 Å². The van der Waals surface area contributed by atoms with Gasteiger partial charge in [-0.1, -0.05) is 133 Å². The molecule has 4 heterocycles. The largest absolute Gasteiger partial charge is 0.456 e. The van der Waals surface area contributed by atoms with Crippen molar-refractivity contribution in [1.29, 1.82) is 0 Å². The Bertz CT molecular complexity index is 3850. The lowest BCUT2D eigenvalue weighted by Crippen LogP contribution is -2.01. The van der Waals surface area contributed by atoms with Crippen molar-refractivity contribution in [3.8, 4) is 50.4 Å². The van der Waals surface area contributed by atoms with Crippen LogP contribution >= 0.6 is 11.3 Å². The molecule has 0 saturated heterocycles. The summed E-state index contributed by atoms with van der Waals surface area (Å²) in [4.78, 5) is 20.9. The molecule has 0 aliphatic carbocycles. The van der Waals surface area contributed by atoms with E-state index in [1.54, 1.807) is 11.3 Å². The Labute approximate surface area is 352 Å². The van der Waals surface area contributed by atoms with Crippen molar-refractivity contribution >= 4 is 86.8 Å². The van der Waals surface area contributed by atoms with Gasteiger partial charge in [0, 0.05) is 44.1 Å². The van der Waals surface area contributed by atoms with Crippen molar-refractivity contribution in [3.05, 3.63) is 188 Å². The standard InChI is InChI=1S/C54H31N5OS/c1-2-12-34(13-3-1)54-55-50-47(61-54)28-27-46-49(50)48-42-31-38(24-22-33(42)25-26-45(48)60-46)53-57-51(56-52(58-53)37-23-21-32-11-4-5-14-35(32)29-37)36-15-10-16-39(30-36)59-43-19-8-6-17-40(43)41-18-7-9-20-44(41)59/h1-31H. The van der Waals surface area contributed by atoms with Crippen LogP contribution in [0.15, 0.2) is 192 Å². The molecule has 13 aromatic rings. The van der Waals surface area contributed by atoms with Crippen LogP contribution in [0.5, 0.6) is 0 Å². The van der Waals surface area contributed by atoms with Crippen LogP contribution in [-0.4, -0.2) is 24.5 Å². The van der Waals surface area contributed by atoms with Crippen LogP contribution in [0.1, 0.15) is 0 Å². The van der Waals surface area contributed by atoms with E-state index in [4.69, 9.17) is 24.4 Å². The highest BCUT2D eigenvalue weighted by Crippen LogP contribution is 2.42. The molecule has 0 amide bonds. The van der Waals surface area contributed by atoms with Crippen molar-refractivity contribution in [2.75, 3.05) is 0 Å². The van der Waals surface area contributed by atoms with E-state index >= 15 is 0 Å². The van der Waals surface area contributed by atoms with E-state index in [1.165, 1.54) is 10.8 Å². The molecule has 0 fully saturated rings. The Hall–Kier alpha value is -8.00. The molecular weight excluding hydrogens is 767 g/mol.